The number of thioether (sulfide) groups is 1. The third kappa shape index (κ3) is 3.54. The maximum absolute atomic E-state index is 13.1. The van der Waals surface area contributed by atoms with Crippen LogP contribution in [0.3, 0.4) is 0 Å². The molecule has 26 heavy (non-hydrogen) atoms. The fourth-order valence-electron chi connectivity index (χ4n) is 4.21. The molecule has 7 nitrogen and oxygen atoms in total. The van der Waals surface area contributed by atoms with Gasteiger partial charge in [-0.1, -0.05) is 0 Å². The Labute approximate surface area is 159 Å². The first kappa shape index (κ1) is 18.0. The van der Waals surface area contributed by atoms with Crippen molar-refractivity contribution in [2.24, 2.45) is 5.41 Å². The maximum Gasteiger partial charge on any atom is 0.230 e. The fourth-order valence-corrected chi connectivity index (χ4v) is 4.58. The highest BCUT2D eigenvalue weighted by Gasteiger charge is 2.51. The Bertz CT molecular complexity index is 654. The van der Waals surface area contributed by atoms with Gasteiger partial charge in [-0.25, -0.2) is 9.97 Å². The first-order valence-electron chi connectivity index (χ1n) is 9.42. The second-order valence-electron chi connectivity index (χ2n) is 7.35. The molecular formula is C18H27N5O2S. The van der Waals surface area contributed by atoms with Crippen LogP contribution in [-0.4, -0.2) is 91.0 Å². The average molecular weight is 378 g/mol. The number of likely N-dealkylation sites (tertiary alicyclic amines) is 1. The molecule has 8 heteroatoms. The highest BCUT2D eigenvalue weighted by molar-refractivity contribution is 7.98. The van der Waals surface area contributed by atoms with E-state index in [0.29, 0.717) is 5.91 Å². The van der Waals surface area contributed by atoms with Crippen LogP contribution in [-0.2, 0) is 9.53 Å². The van der Waals surface area contributed by atoms with E-state index in [4.69, 9.17) is 4.74 Å². The third-order valence-corrected chi connectivity index (χ3v) is 6.50. The average Bonchev–Trinajstić information content (AvgIpc) is 3.26. The summed E-state index contributed by atoms with van der Waals surface area (Å²) in [5.74, 6) is 1.09. The number of ether oxygens (including phenoxy) is 1. The zero-order valence-corrected chi connectivity index (χ0v) is 16.2. The standard InChI is InChI=1S/C18H27N5O2S/c1-26-15-2-5-19-17(20-15)23-7-4-18(14-23)3-6-22(16(18)24)9-8-21-10-12-25-13-11-21/h2,5H,3-4,6-14H2,1H3. The monoisotopic (exact) mass is 377 g/mol. The van der Waals surface area contributed by atoms with E-state index in [9.17, 15) is 4.79 Å². The normalized spacial score (nSPS) is 27.0. The smallest absolute Gasteiger partial charge is 0.230 e. The Morgan fingerprint density at radius 2 is 2.00 bits per heavy atom. The number of anilines is 1. The molecule has 4 rings (SSSR count). The molecule has 1 atom stereocenters. The Kier molecular flexibility index (Phi) is 5.33. The van der Waals surface area contributed by atoms with Gasteiger partial charge in [-0.3, -0.25) is 9.69 Å². The van der Waals surface area contributed by atoms with Crippen molar-refractivity contribution < 1.29 is 9.53 Å². The highest BCUT2D eigenvalue weighted by atomic mass is 32.2. The van der Waals surface area contributed by atoms with E-state index in [1.54, 1.807) is 11.8 Å². The molecule has 1 aromatic rings. The molecule has 3 fully saturated rings. The van der Waals surface area contributed by atoms with E-state index in [-0.39, 0.29) is 5.41 Å². The number of carbonyl (C=O) groups excluding carboxylic acids is 1. The minimum absolute atomic E-state index is 0.232. The van der Waals surface area contributed by atoms with E-state index in [1.165, 1.54) is 0 Å². The van der Waals surface area contributed by atoms with Crippen LogP contribution in [0.4, 0.5) is 5.95 Å². The van der Waals surface area contributed by atoms with Gasteiger partial charge in [0.1, 0.15) is 5.03 Å². The molecular weight excluding hydrogens is 350 g/mol. The molecule has 142 valence electrons. The maximum atomic E-state index is 13.1. The molecule has 4 heterocycles. The molecule has 0 N–H and O–H groups in total. The van der Waals surface area contributed by atoms with Gasteiger partial charge in [-0.05, 0) is 25.2 Å². The highest BCUT2D eigenvalue weighted by Crippen LogP contribution is 2.41. The lowest BCUT2D eigenvalue weighted by Crippen LogP contribution is -2.43. The zero-order valence-electron chi connectivity index (χ0n) is 15.4. The number of morpholine rings is 1. The van der Waals surface area contributed by atoms with Crippen molar-refractivity contribution in [3.63, 3.8) is 0 Å². The van der Waals surface area contributed by atoms with Crippen LogP contribution in [0.15, 0.2) is 17.3 Å². The summed E-state index contributed by atoms with van der Waals surface area (Å²) in [6.07, 6.45) is 5.69. The predicted octanol–water partition coefficient (Wildman–Crippen LogP) is 0.960. The van der Waals surface area contributed by atoms with Crippen LogP contribution < -0.4 is 4.90 Å². The van der Waals surface area contributed by atoms with Crippen molar-refractivity contribution in [2.75, 3.05) is 70.2 Å². The number of nitrogens with zero attached hydrogens (tertiary/aromatic N) is 5. The quantitative estimate of drug-likeness (QED) is 0.559. The molecule has 3 aliphatic heterocycles. The van der Waals surface area contributed by atoms with Crippen LogP contribution in [0.2, 0.25) is 0 Å². The number of hydrogen-bond donors (Lipinski definition) is 0. The van der Waals surface area contributed by atoms with Gasteiger partial charge in [0.05, 0.1) is 18.6 Å². The minimum Gasteiger partial charge on any atom is -0.379 e. The molecule has 1 spiro atoms. The van der Waals surface area contributed by atoms with Gasteiger partial charge < -0.3 is 14.5 Å². The predicted molar refractivity (Wildman–Crippen MR) is 102 cm³/mol. The first-order chi connectivity index (χ1) is 12.7. The molecule has 3 aliphatic rings. The van der Waals surface area contributed by atoms with Gasteiger partial charge in [0.25, 0.3) is 0 Å². The SMILES string of the molecule is CSc1ccnc(N2CCC3(CCN(CCN4CCOCC4)C3=O)C2)n1. The van der Waals surface area contributed by atoms with Crippen LogP contribution in [0.5, 0.6) is 0 Å². The van der Waals surface area contributed by atoms with Gasteiger partial charge in [0.2, 0.25) is 11.9 Å². The van der Waals surface area contributed by atoms with Crippen molar-refractivity contribution in [3.05, 3.63) is 12.3 Å². The lowest BCUT2D eigenvalue weighted by atomic mass is 9.85. The van der Waals surface area contributed by atoms with E-state index in [1.807, 2.05) is 18.5 Å². The second-order valence-corrected chi connectivity index (χ2v) is 8.17. The lowest BCUT2D eigenvalue weighted by molar-refractivity contribution is -0.135. The Morgan fingerprint density at radius 1 is 1.19 bits per heavy atom. The largest absolute Gasteiger partial charge is 0.379 e. The van der Waals surface area contributed by atoms with Crippen molar-refractivity contribution in [3.8, 4) is 0 Å². The Hall–Kier alpha value is -1.38. The number of aromatic nitrogens is 2. The molecule has 0 radical (unpaired) electrons. The fraction of sp³-hybridized carbons (Fsp3) is 0.722. The summed E-state index contributed by atoms with van der Waals surface area (Å²) in [7, 11) is 0. The topological polar surface area (TPSA) is 61.8 Å². The van der Waals surface area contributed by atoms with Crippen LogP contribution in [0, 0.1) is 5.41 Å². The summed E-state index contributed by atoms with van der Waals surface area (Å²) in [6, 6.07) is 1.92. The Balaban J connectivity index is 1.36. The van der Waals surface area contributed by atoms with E-state index >= 15 is 0 Å². The van der Waals surface area contributed by atoms with Crippen molar-refractivity contribution in [2.45, 2.75) is 17.9 Å². The molecule has 0 aliphatic carbocycles. The second kappa shape index (κ2) is 7.70. The molecule has 3 saturated heterocycles. The third-order valence-electron chi connectivity index (χ3n) is 5.85. The van der Waals surface area contributed by atoms with Gasteiger partial charge >= 0.3 is 0 Å². The van der Waals surface area contributed by atoms with Crippen molar-refractivity contribution in [1.29, 1.82) is 0 Å². The van der Waals surface area contributed by atoms with Gasteiger partial charge in [-0.2, -0.15) is 0 Å². The van der Waals surface area contributed by atoms with Crippen molar-refractivity contribution in [1.82, 2.24) is 19.8 Å². The summed E-state index contributed by atoms with van der Waals surface area (Å²) in [5, 5.41) is 0.973. The number of carbonyl (C=O) groups is 1. The summed E-state index contributed by atoms with van der Waals surface area (Å²) < 4.78 is 5.40. The molecule has 0 saturated carbocycles. The van der Waals surface area contributed by atoms with Crippen LogP contribution in [0.1, 0.15) is 12.8 Å². The summed E-state index contributed by atoms with van der Waals surface area (Å²) in [4.78, 5) is 28.8. The van der Waals surface area contributed by atoms with Crippen molar-refractivity contribution >= 4 is 23.6 Å². The summed E-state index contributed by atoms with van der Waals surface area (Å²) >= 11 is 1.62. The first-order valence-corrected chi connectivity index (χ1v) is 10.6. The molecule has 1 aromatic heterocycles. The molecule has 1 unspecified atom stereocenters. The van der Waals surface area contributed by atoms with E-state index in [0.717, 1.165) is 82.8 Å². The van der Waals surface area contributed by atoms with E-state index < -0.39 is 0 Å². The number of amides is 1. The van der Waals surface area contributed by atoms with Gasteiger partial charge in [0, 0.05) is 52.0 Å². The minimum atomic E-state index is -0.232. The summed E-state index contributed by atoms with van der Waals surface area (Å²) in [6.45, 7) is 7.84. The Morgan fingerprint density at radius 3 is 2.81 bits per heavy atom. The number of rotatable bonds is 5. The van der Waals surface area contributed by atoms with Crippen LogP contribution in [0.25, 0.3) is 0 Å². The lowest BCUT2D eigenvalue weighted by Gasteiger charge is -2.29. The van der Waals surface area contributed by atoms with Gasteiger partial charge in [0.15, 0.2) is 0 Å². The molecule has 1 amide bonds. The van der Waals surface area contributed by atoms with Crippen LogP contribution >= 0.6 is 11.8 Å². The number of hydrogen-bond acceptors (Lipinski definition) is 7. The zero-order chi connectivity index (χ0) is 18.0. The van der Waals surface area contributed by atoms with Gasteiger partial charge in [-0.15, -0.1) is 11.8 Å². The van der Waals surface area contributed by atoms with E-state index in [2.05, 4.69) is 24.7 Å². The summed E-state index contributed by atoms with van der Waals surface area (Å²) in [5.41, 5.74) is -0.232. The molecule has 0 aromatic carbocycles. The molecule has 0 bridgehead atoms.